The molecule has 0 bridgehead atoms. The molecule has 0 amide bonds. The molecule has 14 heavy (non-hydrogen) atoms. The summed E-state index contributed by atoms with van der Waals surface area (Å²) in [6.45, 7) is 0.763. The number of hydrogen-bond acceptors (Lipinski definition) is 3. The Kier molecular flexibility index (Phi) is 4.62. The first-order valence-corrected chi connectivity index (χ1v) is 5.77. The summed E-state index contributed by atoms with van der Waals surface area (Å²) in [6.07, 6.45) is 0. The predicted octanol–water partition coefficient (Wildman–Crippen LogP) is 1.02. The summed E-state index contributed by atoms with van der Waals surface area (Å²) in [7, 11) is 2.56. The van der Waals surface area contributed by atoms with Gasteiger partial charge in [-0.3, -0.25) is 4.21 Å². The fourth-order valence-corrected chi connectivity index (χ4v) is 2.10. The van der Waals surface area contributed by atoms with Crippen molar-refractivity contribution < 1.29 is 8.95 Å². The topological polar surface area (TPSA) is 38.3 Å². The highest BCUT2D eigenvalue weighted by Gasteiger charge is 2.02. The lowest BCUT2D eigenvalue weighted by Crippen LogP contribution is -2.15. The molecule has 0 aromatic heterocycles. The molecular formula is C10H15NO2S. The third kappa shape index (κ3) is 3.12. The molecule has 1 aromatic rings. The van der Waals surface area contributed by atoms with Gasteiger partial charge in [0.05, 0.1) is 17.9 Å². The van der Waals surface area contributed by atoms with Crippen LogP contribution in [-0.2, 0) is 10.8 Å². The largest absolute Gasteiger partial charge is 0.497 e. The van der Waals surface area contributed by atoms with E-state index in [1.165, 1.54) is 0 Å². The highest BCUT2D eigenvalue weighted by atomic mass is 32.2. The standard InChI is InChI=1S/C10H15NO2S/c1-11-7-8-14(12)10-5-3-9(13-2)4-6-10/h3-6,11H,7-8H2,1-2H3. The average Bonchev–Trinajstić information content (AvgIpc) is 2.26. The minimum atomic E-state index is -0.912. The maximum atomic E-state index is 11.6. The van der Waals surface area contributed by atoms with Gasteiger partial charge in [-0.25, -0.2) is 0 Å². The fourth-order valence-electron chi connectivity index (χ4n) is 1.04. The van der Waals surface area contributed by atoms with Crippen molar-refractivity contribution >= 4 is 10.8 Å². The maximum Gasteiger partial charge on any atom is 0.118 e. The molecule has 0 aliphatic heterocycles. The zero-order valence-electron chi connectivity index (χ0n) is 8.45. The highest BCUT2D eigenvalue weighted by molar-refractivity contribution is 7.85. The van der Waals surface area contributed by atoms with Crippen LogP contribution in [0.15, 0.2) is 29.2 Å². The number of ether oxygens (including phenoxy) is 1. The van der Waals surface area contributed by atoms with Crippen LogP contribution in [-0.4, -0.2) is 30.7 Å². The average molecular weight is 213 g/mol. The van der Waals surface area contributed by atoms with Crippen LogP contribution in [0.2, 0.25) is 0 Å². The van der Waals surface area contributed by atoms with Gasteiger partial charge in [-0.1, -0.05) is 0 Å². The van der Waals surface area contributed by atoms with Gasteiger partial charge in [-0.05, 0) is 31.3 Å². The van der Waals surface area contributed by atoms with Gasteiger partial charge in [0.25, 0.3) is 0 Å². The zero-order chi connectivity index (χ0) is 10.4. The number of hydrogen-bond donors (Lipinski definition) is 1. The molecular weight excluding hydrogens is 198 g/mol. The first kappa shape index (κ1) is 11.2. The molecule has 3 nitrogen and oxygen atoms in total. The Labute approximate surface area is 86.9 Å². The van der Waals surface area contributed by atoms with Crippen molar-refractivity contribution in [3.05, 3.63) is 24.3 Å². The van der Waals surface area contributed by atoms with E-state index in [1.54, 1.807) is 7.11 Å². The minimum Gasteiger partial charge on any atom is -0.497 e. The Morgan fingerprint density at radius 3 is 2.50 bits per heavy atom. The van der Waals surface area contributed by atoms with Crippen molar-refractivity contribution in [3.63, 3.8) is 0 Å². The van der Waals surface area contributed by atoms with Crippen molar-refractivity contribution in [1.29, 1.82) is 0 Å². The number of methoxy groups -OCH3 is 1. The van der Waals surface area contributed by atoms with Gasteiger partial charge in [-0.2, -0.15) is 0 Å². The number of nitrogens with one attached hydrogen (secondary N) is 1. The summed E-state index contributed by atoms with van der Waals surface area (Å²) in [5.74, 6) is 1.43. The van der Waals surface area contributed by atoms with E-state index >= 15 is 0 Å². The maximum absolute atomic E-state index is 11.6. The first-order valence-electron chi connectivity index (χ1n) is 4.45. The van der Waals surface area contributed by atoms with Crippen molar-refractivity contribution in [3.8, 4) is 5.75 Å². The molecule has 0 spiro atoms. The molecule has 0 radical (unpaired) electrons. The van der Waals surface area contributed by atoms with E-state index in [0.717, 1.165) is 17.2 Å². The summed E-state index contributed by atoms with van der Waals surface area (Å²) >= 11 is 0. The molecule has 78 valence electrons. The second-order valence-corrected chi connectivity index (χ2v) is 4.40. The van der Waals surface area contributed by atoms with Gasteiger partial charge in [0.2, 0.25) is 0 Å². The molecule has 0 aliphatic rings. The monoisotopic (exact) mass is 213 g/mol. The van der Waals surface area contributed by atoms with Gasteiger partial charge in [0, 0.05) is 17.2 Å². The zero-order valence-corrected chi connectivity index (χ0v) is 9.26. The molecule has 1 N–H and O–H groups in total. The molecule has 1 atom stereocenters. The molecule has 0 saturated heterocycles. The van der Waals surface area contributed by atoms with Crippen LogP contribution in [0.4, 0.5) is 0 Å². The SMILES string of the molecule is CNCCS(=O)c1ccc(OC)cc1. The van der Waals surface area contributed by atoms with Gasteiger partial charge >= 0.3 is 0 Å². The van der Waals surface area contributed by atoms with E-state index in [2.05, 4.69) is 5.32 Å². The minimum absolute atomic E-state index is 0.642. The lowest BCUT2D eigenvalue weighted by Gasteiger charge is -2.03. The van der Waals surface area contributed by atoms with E-state index in [9.17, 15) is 4.21 Å². The first-order chi connectivity index (χ1) is 6.77. The predicted molar refractivity (Wildman–Crippen MR) is 58.2 cm³/mol. The van der Waals surface area contributed by atoms with E-state index < -0.39 is 10.8 Å². The Balaban J connectivity index is 2.62. The molecule has 1 aromatic carbocycles. The summed E-state index contributed by atoms with van der Waals surface area (Å²) < 4.78 is 16.7. The second kappa shape index (κ2) is 5.78. The number of benzene rings is 1. The molecule has 0 saturated carbocycles. The van der Waals surface area contributed by atoms with Gasteiger partial charge in [-0.15, -0.1) is 0 Å². The second-order valence-electron chi connectivity index (χ2n) is 2.83. The van der Waals surface area contributed by atoms with Crippen molar-refractivity contribution in [2.45, 2.75) is 4.90 Å². The van der Waals surface area contributed by atoms with Crippen molar-refractivity contribution in [2.24, 2.45) is 0 Å². The van der Waals surface area contributed by atoms with Crippen molar-refractivity contribution in [2.75, 3.05) is 26.5 Å². The van der Waals surface area contributed by atoms with E-state index in [1.807, 2.05) is 31.3 Å². The summed E-state index contributed by atoms with van der Waals surface area (Å²) in [5.41, 5.74) is 0. The van der Waals surface area contributed by atoms with E-state index in [0.29, 0.717) is 5.75 Å². The van der Waals surface area contributed by atoms with Crippen LogP contribution in [0, 0.1) is 0 Å². The Morgan fingerprint density at radius 2 is 2.00 bits per heavy atom. The van der Waals surface area contributed by atoms with E-state index in [4.69, 9.17) is 4.74 Å². The third-order valence-corrected chi connectivity index (χ3v) is 3.23. The van der Waals surface area contributed by atoms with Crippen LogP contribution in [0.1, 0.15) is 0 Å². The van der Waals surface area contributed by atoms with Gasteiger partial charge < -0.3 is 10.1 Å². The fraction of sp³-hybridized carbons (Fsp3) is 0.400. The number of rotatable bonds is 5. The normalized spacial score (nSPS) is 12.4. The van der Waals surface area contributed by atoms with Crippen LogP contribution < -0.4 is 10.1 Å². The van der Waals surface area contributed by atoms with E-state index in [-0.39, 0.29) is 0 Å². The Morgan fingerprint density at radius 1 is 1.36 bits per heavy atom. The van der Waals surface area contributed by atoms with Crippen LogP contribution >= 0.6 is 0 Å². The third-order valence-electron chi connectivity index (χ3n) is 1.86. The Bertz CT molecular complexity index is 297. The van der Waals surface area contributed by atoms with Gasteiger partial charge in [0.15, 0.2) is 0 Å². The molecule has 1 rings (SSSR count). The summed E-state index contributed by atoms with van der Waals surface area (Å²) in [5, 5.41) is 2.97. The smallest absolute Gasteiger partial charge is 0.118 e. The highest BCUT2D eigenvalue weighted by Crippen LogP contribution is 2.13. The molecule has 0 aliphatic carbocycles. The van der Waals surface area contributed by atoms with Crippen LogP contribution in [0.3, 0.4) is 0 Å². The van der Waals surface area contributed by atoms with Crippen LogP contribution in [0.5, 0.6) is 5.75 Å². The summed E-state index contributed by atoms with van der Waals surface area (Å²) in [4.78, 5) is 0.848. The Hall–Kier alpha value is -0.870. The molecule has 0 fully saturated rings. The molecule has 1 unspecified atom stereocenters. The quantitative estimate of drug-likeness (QED) is 0.793. The lowest BCUT2D eigenvalue weighted by molar-refractivity contribution is 0.414. The lowest BCUT2D eigenvalue weighted by atomic mass is 10.3. The summed E-state index contributed by atoms with van der Waals surface area (Å²) in [6, 6.07) is 7.33. The van der Waals surface area contributed by atoms with Gasteiger partial charge in [0.1, 0.15) is 5.75 Å². The molecule has 4 heteroatoms. The molecule has 0 heterocycles. The van der Waals surface area contributed by atoms with Crippen molar-refractivity contribution in [1.82, 2.24) is 5.32 Å². The van der Waals surface area contributed by atoms with Crippen LogP contribution in [0.25, 0.3) is 0 Å².